The summed E-state index contributed by atoms with van der Waals surface area (Å²) in [6.07, 6.45) is 20.5. The van der Waals surface area contributed by atoms with Crippen molar-refractivity contribution in [3.8, 4) is 0 Å². The fourth-order valence-electron chi connectivity index (χ4n) is 2.84. The van der Waals surface area contributed by atoms with Gasteiger partial charge >= 0.3 is 64.6 Å². The zero-order chi connectivity index (χ0) is 27.6. The van der Waals surface area contributed by atoms with Gasteiger partial charge < -0.3 is 15.3 Å². The Bertz CT molecular complexity index is 371. The van der Waals surface area contributed by atoms with Gasteiger partial charge in [0.05, 0.1) is 0 Å². The molecule has 0 aliphatic carbocycles. The Morgan fingerprint density at radius 3 is 0.800 bits per heavy atom. The molecule has 0 heterocycles. The van der Waals surface area contributed by atoms with Crippen molar-refractivity contribution in [2.24, 2.45) is 0 Å². The van der Waals surface area contributed by atoms with Gasteiger partial charge in [-0.1, -0.05) is 97.8 Å². The summed E-state index contributed by atoms with van der Waals surface area (Å²) >= 11 is 1.45. The number of hydrogen-bond acceptors (Lipinski definition) is 3. The second-order valence-corrected chi connectivity index (χ2v) is 10.5. The second kappa shape index (κ2) is 40.4. The zero-order valence-corrected chi connectivity index (χ0v) is 26.8. The average molecular weight is 609 g/mol. The van der Waals surface area contributed by atoms with Crippen LogP contribution in [0.5, 0.6) is 0 Å². The van der Waals surface area contributed by atoms with Crippen molar-refractivity contribution >= 4 is 40.4 Å². The summed E-state index contributed by atoms with van der Waals surface area (Å²) in [6, 6.07) is 0. The van der Waals surface area contributed by atoms with Crippen LogP contribution in [-0.4, -0.2) is 55.8 Å². The molecule has 0 unspecified atom stereocenters. The average Bonchev–Trinajstić information content (AvgIpc) is 2.80. The third-order valence-corrected chi connectivity index (χ3v) is 6.21. The Hall–Kier alpha value is -0.791. The molecule has 0 aromatic rings. The van der Waals surface area contributed by atoms with Crippen LogP contribution in [0.4, 0.5) is 0 Å². The third-order valence-electron chi connectivity index (χ3n) is 5.04. The third kappa shape index (κ3) is 65.6. The summed E-state index contributed by atoms with van der Waals surface area (Å²) in [6.45, 7) is 8.68. The molecular weight excluding hydrogens is 551 g/mol. The molecule has 0 aliphatic rings. The number of carboxylic acids is 3. The monoisotopic (exact) mass is 610 g/mol. The number of hydrogen-bond donors (Lipinski definition) is 3. The standard InChI is InChI=1S/3C8H16O2.C4H9.Sn.H/c3*1-2-3-4-5-6-7-8(9)10;1-3-4-2;;/h3*2-7H2,1H3,(H,9,10);1,3-4H2,2H3;;. The predicted molar refractivity (Wildman–Crippen MR) is 150 cm³/mol. The zero-order valence-electron chi connectivity index (χ0n) is 23.5. The number of carboxylic acid groups (broad SMARTS) is 3. The van der Waals surface area contributed by atoms with Crippen molar-refractivity contribution < 1.29 is 29.7 Å². The molecule has 3 N–H and O–H groups in total. The molecule has 0 atom stereocenters. The van der Waals surface area contributed by atoms with Gasteiger partial charge in [-0.3, -0.25) is 14.4 Å². The number of rotatable bonds is 20. The van der Waals surface area contributed by atoms with Crippen LogP contribution in [0.2, 0.25) is 4.44 Å². The normalized spacial score (nSPS) is 9.51. The fraction of sp³-hybridized carbons (Fsp3) is 0.893. The Balaban J connectivity index is -0.000000188. The van der Waals surface area contributed by atoms with Crippen molar-refractivity contribution in [3.63, 3.8) is 0 Å². The first-order valence-electron chi connectivity index (χ1n) is 14.1. The molecule has 0 spiro atoms. The van der Waals surface area contributed by atoms with Crippen LogP contribution in [0.3, 0.4) is 0 Å². The molecule has 0 rings (SSSR count). The maximum atomic E-state index is 10.0. The molecule has 0 amide bonds. The van der Waals surface area contributed by atoms with E-state index in [0.717, 1.165) is 38.5 Å². The minimum absolute atomic E-state index is 0.337. The van der Waals surface area contributed by atoms with Gasteiger partial charge in [0.25, 0.3) is 0 Å². The van der Waals surface area contributed by atoms with Crippen LogP contribution in [0.25, 0.3) is 0 Å². The maximum absolute atomic E-state index is 10.0. The molecular formula is C28H58O6Sn. The molecule has 6 nitrogen and oxygen atoms in total. The first kappa shape index (κ1) is 41.3. The van der Waals surface area contributed by atoms with E-state index < -0.39 is 17.9 Å². The van der Waals surface area contributed by atoms with Crippen LogP contribution in [0.15, 0.2) is 0 Å². The quantitative estimate of drug-likeness (QED) is 0.0944. The van der Waals surface area contributed by atoms with E-state index in [2.05, 4.69) is 27.7 Å². The molecule has 0 aromatic carbocycles. The van der Waals surface area contributed by atoms with E-state index in [-0.39, 0.29) is 0 Å². The molecule has 0 fully saturated rings. The Morgan fingerprint density at radius 2 is 0.657 bits per heavy atom. The number of unbranched alkanes of at least 4 members (excludes halogenated alkanes) is 13. The molecule has 0 saturated heterocycles. The van der Waals surface area contributed by atoms with Crippen molar-refractivity contribution in [1.29, 1.82) is 0 Å². The summed E-state index contributed by atoms with van der Waals surface area (Å²) in [5.74, 6) is -2.01. The first-order chi connectivity index (χ1) is 16.7. The van der Waals surface area contributed by atoms with Crippen LogP contribution in [0, 0.1) is 0 Å². The van der Waals surface area contributed by atoms with E-state index in [0.29, 0.717) is 19.3 Å². The Labute approximate surface area is 230 Å². The van der Waals surface area contributed by atoms with Crippen LogP contribution < -0.4 is 0 Å². The van der Waals surface area contributed by atoms with Crippen molar-refractivity contribution in [2.45, 2.75) is 161 Å². The second-order valence-electron chi connectivity index (χ2n) is 8.82. The summed E-state index contributed by atoms with van der Waals surface area (Å²) in [7, 11) is 0. The van der Waals surface area contributed by atoms with Gasteiger partial charge in [0.2, 0.25) is 0 Å². The van der Waals surface area contributed by atoms with E-state index in [1.54, 1.807) is 0 Å². The molecule has 0 saturated carbocycles. The molecule has 0 aliphatic heterocycles. The summed E-state index contributed by atoms with van der Waals surface area (Å²) in [5.41, 5.74) is 0. The van der Waals surface area contributed by atoms with E-state index in [9.17, 15) is 14.4 Å². The number of carbonyl (C=O) groups is 3. The van der Waals surface area contributed by atoms with E-state index in [1.165, 1.54) is 97.6 Å². The van der Waals surface area contributed by atoms with Crippen molar-refractivity contribution in [2.75, 3.05) is 0 Å². The van der Waals surface area contributed by atoms with Crippen molar-refractivity contribution in [3.05, 3.63) is 0 Å². The van der Waals surface area contributed by atoms with Gasteiger partial charge in [-0.25, -0.2) is 0 Å². The minimum atomic E-state index is -0.670. The topological polar surface area (TPSA) is 112 Å². The predicted octanol–water partition coefficient (Wildman–Crippen LogP) is 8.40. The summed E-state index contributed by atoms with van der Waals surface area (Å²) < 4.78 is 1.47. The number of aliphatic carboxylic acids is 3. The van der Waals surface area contributed by atoms with Gasteiger partial charge in [0.15, 0.2) is 0 Å². The van der Waals surface area contributed by atoms with Gasteiger partial charge in [-0.05, 0) is 19.3 Å². The SMILES string of the molecule is CCCCCCCC(=O)O.CCCCCCCC(=O)O.CCCCCCCC(=O)O.CCC[CH2][SnH]. The van der Waals surface area contributed by atoms with E-state index in [1.807, 2.05) is 0 Å². The van der Waals surface area contributed by atoms with E-state index >= 15 is 0 Å². The molecule has 35 heavy (non-hydrogen) atoms. The van der Waals surface area contributed by atoms with Gasteiger partial charge in [0, 0.05) is 19.3 Å². The van der Waals surface area contributed by atoms with Gasteiger partial charge in [-0.2, -0.15) is 0 Å². The summed E-state index contributed by atoms with van der Waals surface area (Å²) in [5, 5.41) is 24.8. The first-order valence-corrected chi connectivity index (χ1v) is 16.4. The van der Waals surface area contributed by atoms with Gasteiger partial charge in [0.1, 0.15) is 0 Å². The van der Waals surface area contributed by atoms with Crippen molar-refractivity contribution in [1.82, 2.24) is 0 Å². The molecule has 2 radical (unpaired) electrons. The van der Waals surface area contributed by atoms with E-state index in [4.69, 9.17) is 15.3 Å². The summed E-state index contributed by atoms with van der Waals surface area (Å²) in [4.78, 5) is 30.1. The molecule has 0 bridgehead atoms. The van der Waals surface area contributed by atoms with Crippen LogP contribution >= 0.6 is 0 Å². The molecule has 210 valence electrons. The van der Waals surface area contributed by atoms with Gasteiger partial charge in [-0.15, -0.1) is 0 Å². The van der Waals surface area contributed by atoms with Crippen LogP contribution in [-0.2, 0) is 14.4 Å². The Kier molecular flexibility index (Phi) is 47.7. The Morgan fingerprint density at radius 1 is 0.429 bits per heavy atom. The van der Waals surface area contributed by atoms with Crippen LogP contribution in [0.1, 0.15) is 156 Å². The molecule has 0 aromatic heterocycles. The molecule has 7 heteroatoms. The fourth-order valence-corrected chi connectivity index (χ4v) is 4.01.